The van der Waals surface area contributed by atoms with Gasteiger partial charge in [-0.15, -0.1) is 0 Å². The highest BCUT2D eigenvalue weighted by Gasteiger charge is 2.34. The molecule has 2 N–H and O–H groups in total. The molecule has 7 nitrogen and oxygen atoms in total. The van der Waals surface area contributed by atoms with Gasteiger partial charge in [0.15, 0.2) is 0 Å². The van der Waals surface area contributed by atoms with Gasteiger partial charge in [0, 0.05) is 25.6 Å². The Morgan fingerprint density at radius 3 is 2.48 bits per heavy atom. The zero-order valence-electron chi connectivity index (χ0n) is 12.6. The molecular weight excluding hydrogens is 292 g/mol. The molecule has 1 fully saturated rings. The second-order valence-corrected chi connectivity index (χ2v) is 7.21. The molecule has 2 heterocycles. The molecule has 1 saturated heterocycles. The van der Waals surface area contributed by atoms with Gasteiger partial charge < -0.3 is 5.32 Å². The summed E-state index contributed by atoms with van der Waals surface area (Å²) >= 11 is 0. The van der Waals surface area contributed by atoms with Crippen molar-refractivity contribution < 1.29 is 13.2 Å². The predicted octanol–water partition coefficient (Wildman–Crippen LogP) is 0.563. The first-order chi connectivity index (χ1) is 9.87. The minimum atomic E-state index is -3.53. The monoisotopic (exact) mass is 314 g/mol. The molecule has 0 spiro atoms. The van der Waals surface area contributed by atoms with E-state index >= 15 is 0 Å². The van der Waals surface area contributed by atoms with E-state index in [1.54, 1.807) is 13.8 Å². The van der Waals surface area contributed by atoms with Crippen molar-refractivity contribution >= 4 is 15.9 Å². The van der Waals surface area contributed by atoms with Crippen LogP contribution in [0.1, 0.15) is 31.2 Å². The van der Waals surface area contributed by atoms with Gasteiger partial charge in [-0.3, -0.25) is 9.89 Å². The van der Waals surface area contributed by atoms with Crippen LogP contribution in [0.25, 0.3) is 0 Å². The molecule has 0 bridgehead atoms. The molecule has 0 radical (unpaired) electrons. The normalized spacial score (nSPS) is 17.9. The highest BCUT2D eigenvalue weighted by atomic mass is 32.2. The van der Waals surface area contributed by atoms with Gasteiger partial charge in [-0.2, -0.15) is 9.40 Å². The van der Waals surface area contributed by atoms with Crippen molar-refractivity contribution in [1.29, 1.82) is 0 Å². The average Bonchev–Trinajstić information content (AvgIpc) is 2.79. The van der Waals surface area contributed by atoms with Gasteiger partial charge in [0.2, 0.25) is 15.9 Å². The number of amides is 1. The van der Waals surface area contributed by atoms with E-state index in [9.17, 15) is 13.2 Å². The van der Waals surface area contributed by atoms with Crippen LogP contribution in [0.5, 0.6) is 0 Å². The molecule has 0 saturated carbocycles. The molecule has 1 aliphatic heterocycles. The molecular formula is C13H22N4O3S. The summed E-state index contributed by atoms with van der Waals surface area (Å²) in [5.41, 5.74) is 1.04. The van der Waals surface area contributed by atoms with E-state index in [2.05, 4.69) is 15.5 Å². The van der Waals surface area contributed by atoms with Gasteiger partial charge in [-0.25, -0.2) is 8.42 Å². The first-order valence-corrected chi connectivity index (χ1v) is 8.61. The van der Waals surface area contributed by atoms with Crippen LogP contribution in [-0.2, 0) is 14.8 Å². The lowest BCUT2D eigenvalue weighted by Crippen LogP contribution is -2.43. The SMILES string of the molecule is CCNC(=O)C1CCN(S(=O)(=O)c2c(C)n[nH]c2C)CC1. The molecule has 0 aromatic carbocycles. The molecule has 1 amide bonds. The van der Waals surface area contributed by atoms with E-state index in [1.807, 2.05) is 6.92 Å². The number of piperidine rings is 1. The molecule has 0 atom stereocenters. The fourth-order valence-electron chi connectivity index (χ4n) is 2.73. The van der Waals surface area contributed by atoms with Crippen molar-refractivity contribution in [2.45, 2.75) is 38.5 Å². The van der Waals surface area contributed by atoms with Crippen molar-refractivity contribution in [1.82, 2.24) is 19.8 Å². The number of aryl methyl sites for hydroxylation is 2. The van der Waals surface area contributed by atoms with E-state index in [4.69, 9.17) is 0 Å². The number of carbonyl (C=O) groups excluding carboxylic acids is 1. The van der Waals surface area contributed by atoms with Crippen LogP contribution in [0.2, 0.25) is 0 Å². The van der Waals surface area contributed by atoms with Gasteiger partial charge >= 0.3 is 0 Å². The molecule has 1 aliphatic rings. The maximum absolute atomic E-state index is 12.7. The third kappa shape index (κ3) is 3.11. The van der Waals surface area contributed by atoms with Crippen LogP contribution in [0.3, 0.4) is 0 Å². The van der Waals surface area contributed by atoms with Crippen LogP contribution < -0.4 is 5.32 Å². The number of nitrogens with zero attached hydrogens (tertiary/aromatic N) is 2. The molecule has 1 aromatic rings. The summed E-state index contributed by atoms with van der Waals surface area (Å²) in [5, 5.41) is 9.45. The standard InChI is InChI=1S/C13H22N4O3S/c1-4-14-13(18)11-5-7-17(8-6-11)21(19,20)12-9(2)15-16-10(12)3/h11H,4-8H2,1-3H3,(H,14,18)(H,15,16). The Bertz CT molecular complexity index is 596. The van der Waals surface area contributed by atoms with Crippen LogP contribution >= 0.6 is 0 Å². The number of carbonyl (C=O) groups is 1. The zero-order chi connectivity index (χ0) is 15.6. The summed E-state index contributed by atoms with van der Waals surface area (Å²) in [6, 6.07) is 0. The third-order valence-electron chi connectivity index (χ3n) is 3.83. The largest absolute Gasteiger partial charge is 0.356 e. The number of aromatic amines is 1. The van der Waals surface area contributed by atoms with Crippen molar-refractivity contribution in [3.8, 4) is 0 Å². The highest BCUT2D eigenvalue weighted by molar-refractivity contribution is 7.89. The lowest BCUT2D eigenvalue weighted by molar-refractivity contribution is -0.126. The summed E-state index contributed by atoms with van der Waals surface area (Å²) in [6.45, 7) is 6.60. The number of nitrogens with one attached hydrogen (secondary N) is 2. The molecule has 21 heavy (non-hydrogen) atoms. The second kappa shape index (κ2) is 6.15. The Hall–Kier alpha value is -1.41. The molecule has 118 valence electrons. The lowest BCUT2D eigenvalue weighted by atomic mass is 9.97. The minimum Gasteiger partial charge on any atom is -0.356 e. The summed E-state index contributed by atoms with van der Waals surface area (Å²) in [6.07, 6.45) is 1.11. The highest BCUT2D eigenvalue weighted by Crippen LogP contribution is 2.26. The van der Waals surface area contributed by atoms with E-state index < -0.39 is 10.0 Å². The summed E-state index contributed by atoms with van der Waals surface area (Å²) < 4.78 is 26.8. The Balaban J connectivity index is 2.10. The smallest absolute Gasteiger partial charge is 0.246 e. The number of sulfonamides is 1. The first kappa shape index (κ1) is 16.0. The van der Waals surface area contributed by atoms with E-state index in [-0.39, 0.29) is 16.7 Å². The van der Waals surface area contributed by atoms with Gasteiger partial charge in [0.05, 0.1) is 11.4 Å². The number of H-pyrrole nitrogens is 1. The average molecular weight is 314 g/mol. The van der Waals surface area contributed by atoms with Crippen LogP contribution in [-0.4, -0.2) is 48.5 Å². The number of hydrogen-bond donors (Lipinski definition) is 2. The zero-order valence-corrected chi connectivity index (χ0v) is 13.5. The predicted molar refractivity (Wildman–Crippen MR) is 78.2 cm³/mol. The van der Waals surface area contributed by atoms with Gasteiger partial charge in [-0.05, 0) is 33.6 Å². The van der Waals surface area contributed by atoms with Crippen molar-refractivity contribution in [3.05, 3.63) is 11.4 Å². The molecule has 8 heteroatoms. The minimum absolute atomic E-state index is 0.0187. The molecule has 0 unspecified atom stereocenters. The Kier molecular flexibility index (Phi) is 4.67. The van der Waals surface area contributed by atoms with E-state index in [1.165, 1.54) is 4.31 Å². The Labute approximate surface area is 125 Å². The van der Waals surface area contributed by atoms with Crippen LogP contribution in [0, 0.1) is 19.8 Å². The topological polar surface area (TPSA) is 95.2 Å². The maximum Gasteiger partial charge on any atom is 0.246 e. The van der Waals surface area contributed by atoms with Gasteiger partial charge in [0.1, 0.15) is 4.90 Å². The summed E-state index contributed by atoms with van der Waals surface area (Å²) in [4.78, 5) is 12.1. The first-order valence-electron chi connectivity index (χ1n) is 7.17. The number of rotatable bonds is 4. The summed E-state index contributed by atoms with van der Waals surface area (Å²) in [5.74, 6) is -0.0758. The summed E-state index contributed by atoms with van der Waals surface area (Å²) in [7, 11) is -3.53. The van der Waals surface area contributed by atoms with Gasteiger partial charge in [-0.1, -0.05) is 0 Å². The number of aromatic nitrogens is 2. The van der Waals surface area contributed by atoms with Crippen molar-refractivity contribution in [2.24, 2.45) is 5.92 Å². The van der Waals surface area contributed by atoms with Crippen LogP contribution in [0.15, 0.2) is 4.90 Å². The molecule has 0 aliphatic carbocycles. The van der Waals surface area contributed by atoms with Crippen LogP contribution in [0.4, 0.5) is 0 Å². The van der Waals surface area contributed by atoms with Crippen molar-refractivity contribution in [2.75, 3.05) is 19.6 Å². The third-order valence-corrected chi connectivity index (χ3v) is 6.00. The van der Waals surface area contributed by atoms with Gasteiger partial charge in [0.25, 0.3) is 0 Å². The fraction of sp³-hybridized carbons (Fsp3) is 0.692. The molecule has 1 aromatic heterocycles. The van der Waals surface area contributed by atoms with Crippen molar-refractivity contribution in [3.63, 3.8) is 0 Å². The molecule has 2 rings (SSSR count). The van der Waals surface area contributed by atoms with E-state index in [0.29, 0.717) is 43.9 Å². The maximum atomic E-state index is 12.7. The Morgan fingerprint density at radius 1 is 1.38 bits per heavy atom. The number of hydrogen-bond acceptors (Lipinski definition) is 4. The second-order valence-electron chi connectivity index (χ2n) is 5.34. The fourth-order valence-corrected chi connectivity index (χ4v) is 4.53. The Morgan fingerprint density at radius 2 is 2.00 bits per heavy atom. The quantitative estimate of drug-likeness (QED) is 0.849. The van der Waals surface area contributed by atoms with E-state index in [0.717, 1.165) is 0 Å². The lowest BCUT2D eigenvalue weighted by Gasteiger charge is -2.30.